The molecule has 0 aliphatic rings. The van der Waals surface area contributed by atoms with E-state index in [2.05, 4.69) is 10.3 Å². The SMILES string of the molecule is NCCCNc1cccnc1[N+](=O)[O-]. The lowest BCUT2D eigenvalue weighted by atomic mass is 10.3. The number of nitrogens with zero attached hydrogens (tertiary/aromatic N) is 2. The minimum Gasteiger partial charge on any atom is -0.378 e. The Kier molecular flexibility index (Phi) is 3.81. The first-order valence-corrected chi connectivity index (χ1v) is 4.29. The number of pyridine rings is 1. The largest absolute Gasteiger partial charge is 0.386 e. The van der Waals surface area contributed by atoms with Crippen molar-refractivity contribution >= 4 is 11.5 Å². The molecule has 3 N–H and O–H groups in total. The molecule has 1 aromatic heterocycles. The van der Waals surface area contributed by atoms with E-state index in [0.29, 0.717) is 18.8 Å². The van der Waals surface area contributed by atoms with Gasteiger partial charge in [0.25, 0.3) is 0 Å². The molecule has 1 aromatic rings. The normalized spacial score (nSPS) is 9.79. The van der Waals surface area contributed by atoms with E-state index in [4.69, 9.17) is 5.73 Å². The van der Waals surface area contributed by atoms with E-state index < -0.39 is 4.92 Å². The van der Waals surface area contributed by atoms with Crippen LogP contribution < -0.4 is 11.1 Å². The van der Waals surface area contributed by atoms with Crippen LogP contribution >= 0.6 is 0 Å². The standard InChI is InChI=1S/C8H12N4O2/c9-4-2-6-10-7-3-1-5-11-8(7)12(13)14/h1,3,5,10H,2,4,6,9H2. The van der Waals surface area contributed by atoms with E-state index in [0.717, 1.165) is 6.42 Å². The Morgan fingerprint density at radius 2 is 2.43 bits per heavy atom. The maximum absolute atomic E-state index is 10.5. The summed E-state index contributed by atoms with van der Waals surface area (Å²) in [6.07, 6.45) is 2.16. The van der Waals surface area contributed by atoms with Gasteiger partial charge in [0.15, 0.2) is 0 Å². The first-order chi connectivity index (χ1) is 6.75. The highest BCUT2D eigenvalue weighted by Crippen LogP contribution is 2.19. The van der Waals surface area contributed by atoms with Crippen molar-refractivity contribution in [2.24, 2.45) is 5.73 Å². The lowest BCUT2D eigenvalue weighted by Gasteiger charge is -2.04. The predicted octanol–water partition coefficient (Wildman–Crippen LogP) is 0.750. The van der Waals surface area contributed by atoms with Gasteiger partial charge in [0.2, 0.25) is 0 Å². The molecule has 0 aliphatic heterocycles. The van der Waals surface area contributed by atoms with Crippen LogP contribution in [-0.4, -0.2) is 23.0 Å². The highest BCUT2D eigenvalue weighted by atomic mass is 16.6. The van der Waals surface area contributed by atoms with Gasteiger partial charge in [-0.2, -0.15) is 0 Å². The summed E-state index contributed by atoms with van der Waals surface area (Å²) in [6, 6.07) is 3.28. The van der Waals surface area contributed by atoms with Crippen LogP contribution in [0.25, 0.3) is 0 Å². The van der Waals surface area contributed by atoms with E-state index in [9.17, 15) is 10.1 Å². The smallest absolute Gasteiger partial charge is 0.378 e. The molecule has 0 amide bonds. The highest BCUT2D eigenvalue weighted by molar-refractivity contribution is 5.56. The molecule has 0 atom stereocenters. The zero-order valence-electron chi connectivity index (χ0n) is 7.64. The van der Waals surface area contributed by atoms with Crippen LogP contribution in [0, 0.1) is 10.1 Å². The number of nitro groups is 1. The summed E-state index contributed by atoms with van der Waals surface area (Å²) in [5.74, 6) is -0.149. The van der Waals surface area contributed by atoms with Gasteiger partial charge in [-0.25, -0.2) is 0 Å². The molecule has 6 nitrogen and oxygen atoms in total. The van der Waals surface area contributed by atoms with Gasteiger partial charge in [0.1, 0.15) is 11.9 Å². The van der Waals surface area contributed by atoms with E-state index in [1.165, 1.54) is 6.20 Å². The molecule has 0 bridgehead atoms. The van der Waals surface area contributed by atoms with Gasteiger partial charge >= 0.3 is 5.82 Å². The molecule has 1 heterocycles. The van der Waals surface area contributed by atoms with Gasteiger partial charge in [-0.3, -0.25) is 0 Å². The molecule has 6 heteroatoms. The Morgan fingerprint density at radius 1 is 1.64 bits per heavy atom. The van der Waals surface area contributed by atoms with Crippen LogP contribution in [0.15, 0.2) is 18.3 Å². The van der Waals surface area contributed by atoms with Crippen LogP contribution in [0.5, 0.6) is 0 Å². The molecule has 0 radical (unpaired) electrons. The van der Waals surface area contributed by atoms with Crippen LogP contribution in [0.2, 0.25) is 0 Å². The molecule has 76 valence electrons. The van der Waals surface area contributed by atoms with Crippen molar-refractivity contribution in [2.45, 2.75) is 6.42 Å². The zero-order valence-corrected chi connectivity index (χ0v) is 7.64. The van der Waals surface area contributed by atoms with Gasteiger partial charge in [-0.15, -0.1) is 0 Å². The lowest BCUT2D eigenvalue weighted by molar-refractivity contribution is -0.388. The van der Waals surface area contributed by atoms with Crippen molar-refractivity contribution in [1.29, 1.82) is 0 Å². The Morgan fingerprint density at radius 3 is 3.07 bits per heavy atom. The minimum absolute atomic E-state index is 0.149. The van der Waals surface area contributed by atoms with E-state index in [-0.39, 0.29) is 5.82 Å². The van der Waals surface area contributed by atoms with Crippen molar-refractivity contribution in [3.05, 3.63) is 28.4 Å². The second-order valence-corrected chi connectivity index (χ2v) is 2.70. The molecular weight excluding hydrogens is 184 g/mol. The predicted molar refractivity (Wildman–Crippen MR) is 53.1 cm³/mol. The quantitative estimate of drug-likeness (QED) is 0.411. The lowest BCUT2D eigenvalue weighted by Crippen LogP contribution is -2.09. The summed E-state index contributed by atoms with van der Waals surface area (Å²) in [4.78, 5) is 13.7. The van der Waals surface area contributed by atoms with Crippen LogP contribution in [-0.2, 0) is 0 Å². The van der Waals surface area contributed by atoms with Crippen LogP contribution in [0.1, 0.15) is 6.42 Å². The summed E-state index contributed by atoms with van der Waals surface area (Å²) >= 11 is 0. The Bertz CT molecular complexity index is 316. The summed E-state index contributed by atoms with van der Waals surface area (Å²) < 4.78 is 0. The fourth-order valence-electron chi connectivity index (χ4n) is 1.01. The highest BCUT2D eigenvalue weighted by Gasteiger charge is 2.12. The Balaban J connectivity index is 2.69. The number of anilines is 1. The van der Waals surface area contributed by atoms with Gasteiger partial charge in [-0.1, -0.05) is 0 Å². The molecule has 0 saturated heterocycles. The van der Waals surface area contributed by atoms with Gasteiger partial charge in [0.05, 0.1) is 0 Å². The van der Waals surface area contributed by atoms with Crippen molar-refractivity contribution in [3.63, 3.8) is 0 Å². The van der Waals surface area contributed by atoms with Gasteiger partial charge in [-0.05, 0) is 35.0 Å². The van der Waals surface area contributed by atoms with E-state index in [1.54, 1.807) is 12.1 Å². The summed E-state index contributed by atoms with van der Waals surface area (Å²) in [5, 5.41) is 13.4. The number of aromatic nitrogens is 1. The van der Waals surface area contributed by atoms with Crippen LogP contribution in [0.3, 0.4) is 0 Å². The first kappa shape index (κ1) is 10.4. The summed E-state index contributed by atoms with van der Waals surface area (Å²) in [6.45, 7) is 1.17. The topological polar surface area (TPSA) is 94.1 Å². The van der Waals surface area contributed by atoms with E-state index in [1.807, 2.05) is 0 Å². The maximum atomic E-state index is 10.5. The Hall–Kier alpha value is -1.69. The summed E-state index contributed by atoms with van der Waals surface area (Å²) in [7, 11) is 0. The molecule has 14 heavy (non-hydrogen) atoms. The minimum atomic E-state index is -0.509. The van der Waals surface area contributed by atoms with Gasteiger partial charge in [0, 0.05) is 6.54 Å². The molecule has 0 saturated carbocycles. The fraction of sp³-hybridized carbons (Fsp3) is 0.375. The number of hydrogen-bond acceptors (Lipinski definition) is 5. The number of nitrogens with two attached hydrogens (primary N) is 1. The van der Waals surface area contributed by atoms with Crippen molar-refractivity contribution in [3.8, 4) is 0 Å². The second-order valence-electron chi connectivity index (χ2n) is 2.70. The summed E-state index contributed by atoms with van der Waals surface area (Å²) in [5.41, 5.74) is 5.74. The molecular formula is C8H12N4O2. The van der Waals surface area contributed by atoms with Crippen molar-refractivity contribution in [2.75, 3.05) is 18.4 Å². The maximum Gasteiger partial charge on any atom is 0.386 e. The van der Waals surface area contributed by atoms with E-state index >= 15 is 0 Å². The average molecular weight is 196 g/mol. The average Bonchev–Trinajstić information content (AvgIpc) is 2.19. The van der Waals surface area contributed by atoms with Crippen molar-refractivity contribution in [1.82, 2.24) is 4.98 Å². The van der Waals surface area contributed by atoms with Crippen LogP contribution in [0.4, 0.5) is 11.5 Å². The monoisotopic (exact) mass is 196 g/mol. The number of nitrogens with one attached hydrogen (secondary N) is 1. The molecule has 1 rings (SSSR count). The second kappa shape index (κ2) is 5.13. The third-order valence-corrected chi connectivity index (χ3v) is 1.66. The molecule has 0 aromatic carbocycles. The first-order valence-electron chi connectivity index (χ1n) is 4.29. The Labute approximate surface area is 81.3 Å². The molecule has 0 aliphatic carbocycles. The number of hydrogen-bond donors (Lipinski definition) is 2. The van der Waals surface area contributed by atoms with Crippen molar-refractivity contribution < 1.29 is 4.92 Å². The fourth-order valence-corrected chi connectivity index (χ4v) is 1.01. The molecule has 0 unspecified atom stereocenters. The molecule has 0 fully saturated rings. The third-order valence-electron chi connectivity index (χ3n) is 1.66. The van der Waals surface area contributed by atoms with Gasteiger partial charge < -0.3 is 21.2 Å². The third kappa shape index (κ3) is 2.67. The number of rotatable bonds is 5. The zero-order chi connectivity index (χ0) is 10.4. The molecule has 0 spiro atoms.